The quantitative estimate of drug-likeness (QED) is 0.839. The number of piperazine rings is 1. The summed E-state index contributed by atoms with van der Waals surface area (Å²) in [5.74, 6) is 2.16. The van der Waals surface area contributed by atoms with Gasteiger partial charge in [-0.3, -0.25) is 4.79 Å². The molecule has 0 N–H and O–H groups in total. The van der Waals surface area contributed by atoms with Crippen molar-refractivity contribution < 1.29 is 4.79 Å². The summed E-state index contributed by atoms with van der Waals surface area (Å²) in [6.07, 6.45) is 2.38. The van der Waals surface area contributed by atoms with Crippen LogP contribution in [0.15, 0.2) is 0 Å². The molecular weight excluding hydrogens is 302 g/mol. The minimum Gasteiger partial charge on any atom is -0.354 e. The third-order valence-corrected chi connectivity index (χ3v) is 5.09. The van der Waals surface area contributed by atoms with Crippen LogP contribution in [0.4, 0.5) is 5.82 Å². The monoisotopic (exact) mass is 331 g/mol. The first-order valence-electron chi connectivity index (χ1n) is 9.23. The van der Waals surface area contributed by atoms with Crippen molar-refractivity contribution in [3.8, 4) is 0 Å². The Labute approximate surface area is 144 Å². The van der Waals surface area contributed by atoms with Crippen molar-refractivity contribution in [2.24, 2.45) is 0 Å². The van der Waals surface area contributed by atoms with Gasteiger partial charge in [0.1, 0.15) is 11.6 Å². The lowest BCUT2D eigenvalue weighted by molar-refractivity contribution is -0.132. The number of rotatable bonds is 4. The number of hydrogen-bond acceptors (Lipinski definition) is 5. The average molecular weight is 331 g/mol. The first-order valence-corrected chi connectivity index (χ1v) is 9.23. The number of aryl methyl sites for hydroxylation is 1. The van der Waals surface area contributed by atoms with Crippen LogP contribution in [0, 0.1) is 6.92 Å². The number of carbonyl (C=O) groups is 1. The van der Waals surface area contributed by atoms with E-state index in [1.54, 1.807) is 0 Å². The van der Waals surface area contributed by atoms with Crippen LogP contribution in [0.5, 0.6) is 0 Å². The van der Waals surface area contributed by atoms with Crippen LogP contribution < -0.4 is 4.90 Å². The van der Waals surface area contributed by atoms with E-state index in [0.29, 0.717) is 13.0 Å². The van der Waals surface area contributed by atoms with E-state index < -0.39 is 0 Å². The van der Waals surface area contributed by atoms with Gasteiger partial charge < -0.3 is 14.7 Å². The van der Waals surface area contributed by atoms with Gasteiger partial charge in [0.25, 0.3) is 0 Å². The van der Waals surface area contributed by atoms with E-state index in [0.717, 1.165) is 69.4 Å². The molecule has 0 radical (unpaired) electrons. The minimum absolute atomic E-state index is 0.255. The highest BCUT2D eigenvalue weighted by atomic mass is 16.2. The average Bonchev–Trinajstić information content (AvgIpc) is 2.61. The largest absolute Gasteiger partial charge is 0.354 e. The van der Waals surface area contributed by atoms with Crippen LogP contribution >= 0.6 is 0 Å². The van der Waals surface area contributed by atoms with Crippen LogP contribution in [0.2, 0.25) is 0 Å². The van der Waals surface area contributed by atoms with Crippen molar-refractivity contribution in [3.05, 3.63) is 17.1 Å². The van der Waals surface area contributed by atoms with Gasteiger partial charge in [0.05, 0.1) is 12.2 Å². The van der Waals surface area contributed by atoms with E-state index in [1.807, 2.05) is 11.8 Å². The van der Waals surface area contributed by atoms with Gasteiger partial charge >= 0.3 is 0 Å². The first-order chi connectivity index (χ1) is 11.6. The van der Waals surface area contributed by atoms with Gasteiger partial charge in [-0.05, 0) is 19.9 Å². The molecule has 6 nitrogen and oxygen atoms in total. The molecule has 0 saturated carbocycles. The summed E-state index contributed by atoms with van der Waals surface area (Å²) >= 11 is 0. The number of carbonyl (C=O) groups excluding carboxylic acids is 1. The number of amides is 1. The number of hydrogen-bond donors (Lipinski definition) is 0. The highest BCUT2D eigenvalue weighted by Gasteiger charge is 2.28. The molecule has 0 bridgehead atoms. The highest BCUT2D eigenvalue weighted by molar-refractivity contribution is 5.76. The fraction of sp³-hybridized carbons (Fsp3) is 0.722. The van der Waals surface area contributed by atoms with Gasteiger partial charge in [-0.15, -0.1) is 0 Å². The normalized spacial score (nSPS) is 18.6. The molecule has 24 heavy (non-hydrogen) atoms. The molecule has 1 aromatic rings. The third-order valence-electron chi connectivity index (χ3n) is 5.09. The second kappa shape index (κ2) is 7.47. The van der Waals surface area contributed by atoms with Crippen LogP contribution in [0.3, 0.4) is 0 Å². The standard InChI is InChI=1S/C18H29N5O/c1-4-6-17(24)23-8-7-16-15(13-23)18(20-14(3)19-16)22-11-9-21(5-2)10-12-22/h4-13H2,1-3H3. The number of likely N-dealkylation sites (N-methyl/N-ethyl adjacent to an activating group) is 1. The summed E-state index contributed by atoms with van der Waals surface area (Å²) in [5, 5.41) is 0. The van der Waals surface area contributed by atoms with E-state index in [2.05, 4.69) is 28.6 Å². The van der Waals surface area contributed by atoms with Crippen molar-refractivity contribution in [3.63, 3.8) is 0 Å². The van der Waals surface area contributed by atoms with Gasteiger partial charge in [-0.1, -0.05) is 13.8 Å². The second-order valence-corrected chi connectivity index (χ2v) is 6.76. The Bertz CT molecular complexity index is 595. The first kappa shape index (κ1) is 17.1. The van der Waals surface area contributed by atoms with Crippen LogP contribution in [-0.4, -0.2) is 64.9 Å². The summed E-state index contributed by atoms with van der Waals surface area (Å²) < 4.78 is 0. The highest BCUT2D eigenvalue weighted by Crippen LogP contribution is 2.28. The molecule has 0 atom stereocenters. The maximum absolute atomic E-state index is 12.3. The molecular formula is C18H29N5O. The lowest BCUT2D eigenvalue weighted by atomic mass is 10.0. The maximum atomic E-state index is 12.3. The Balaban J connectivity index is 1.83. The predicted octanol–water partition coefficient (Wildman–Crippen LogP) is 1.61. The van der Waals surface area contributed by atoms with Gasteiger partial charge in [-0.25, -0.2) is 9.97 Å². The van der Waals surface area contributed by atoms with Gasteiger partial charge in [0.15, 0.2) is 0 Å². The summed E-state index contributed by atoms with van der Waals surface area (Å²) in [6, 6.07) is 0. The molecule has 0 spiro atoms. The zero-order valence-corrected chi connectivity index (χ0v) is 15.2. The lowest BCUT2D eigenvalue weighted by Gasteiger charge is -2.37. The summed E-state index contributed by atoms with van der Waals surface area (Å²) in [4.78, 5) is 28.6. The Morgan fingerprint density at radius 1 is 1.08 bits per heavy atom. The molecule has 1 amide bonds. The molecule has 0 aromatic carbocycles. The third kappa shape index (κ3) is 3.53. The lowest BCUT2D eigenvalue weighted by Crippen LogP contribution is -2.47. The number of anilines is 1. The van der Waals surface area contributed by atoms with Crippen molar-refractivity contribution in [1.29, 1.82) is 0 Å². The summed E-state index contributed by atoms with van der Waals surface area (Å²) in [5.41, 5.74) is 2.30. The molecule has 1 fully saturated rings. The molecule has 1 aromatic heterocycles. The van der Waals surface area contributed by atoms with Crippen LogP contribution in [-0.2, 0) is 17.8 Å². The second-order valence-electron chi connectivity index (χ2n) is 6.76. The molecule has 3 rings (SSSR count). The zero-order valence-electron chi connectivity index (χ0n) is 15.2. The molecule has 2 aliphatic heterocycles. The topological polar surface area (TPSA) is 52.6 Å². The number of aromatic nitrogens is 2. The molecule has 2 aliphatic rings. The molecule has 0 unspecified atom stereocenters. The van der Waals surface area contributed by atoms with Crippen LogP contribution in [0.1, 0.15) is 43.8 Å². The smallest absolute Gasteiger partial charge is 0.222 e. The van der Waals surface area contributed by atoms with E-state index in [1.165, 1.54) is 5.56 Å². The van der Waals surface area contributed by atoms with Crippen molar-refractivity contribution in [1.82, 2.24) is 19.8 Å². The fourth-order valence-corrected chi connectivity index (χ4v) is 3.64. The minimum atomic E-state index is 0.255. The molecule has 3 heterocycles. The maximum Gasteiger partial charge on any atom is 0.222 e. The van der Waals surface area contributed by atoms with E-state index in [-0.39, 0.29) is 5.91 Å². The fourth-order valence-electron chi connectivity index (χ4n) is 3.64. The Kier molecular flexibility index (Phi) is 5.33. The van der Waals surface area contributed by atoms with Gasteiger partial charge in [0.2, 0.25) is 5.91 Å². The number of fused-ring (bicyclic) bond motifs is 1. The van der Waals surface area contributed by atoms with E-state index >= 15 is 0 Å². The predicted molar refractivity (Wildman–Crippen MR) is 95.1 cm³/mol. The Hall–Kier alpha value is -1.69. The Morgan fingerprint density at radius 2 is 1.83 bits per heavy atom. The van der Waals surface area contributed by atoms with Gasteiger partial charge in [0, 0.05) is 51.1 Å². The van der Waals surface area contributed by atoms with E-state index in [9.17, 15) is 4.79 Å². The zero-order chi connectivity index (χ0) is 17.1. The molecule has 1 saturated heterocycles. The molecule has 132 valence electrons. The van der Waals surface area contributed by atoms with Crippen molar-refractivity contribution in [2.75, 3.05) is 44.2 Å². The van der Waals surface area contributed by atoms with Crippen molar-refractivity contribution >= 4 is 11.7 Å². The van der Waals surface area contributed by atoms with E-state index in [4.69, 9.17) is 4.98 Å². The van der Waals surface area contributed by atoms with Gasteiger partial charge in [-0.2, -0.15) is 0 Å². The SMILES string of the molecule is CCCC(=O)N1CCc2nc(C)nc(N3CCN(CC)CC3)c2C1. The number of nitrogens with zero attached hydrogens (tertiary/aromatic N) is 5. The van der Waals surface area contributed by atoms with Crippen molar-refractivity contribution in [2.45, 2.75) is 46.6 Å². The van der Waals surface area contributed by atoms with Crippen LogP contribution in [0.25, 0.3) is 0 Å². The molecule has 6 heteroatoms. The summed E-state index contributed by atoms with van der Waals surface area (Å²) in [6.45, 7) is 12.9. The summed E-state index contributed by atoms with van der Waals surface area (Å²) in [7, 11) is 0. The Morgan fingerprint density at radius 3 is 2.50 bits per heavy atom. The molecule has 0 aliphatic carbocycles.